The molecule has 24 heavy (non-hydrogen) atoms. The van der Waals surface area contributed by atoms with E-state index in [1.807, 2.05) is 62.4 Å². The minimum Gasteiger partial charge on any atom is -0.453 e. The molecule has 0 aliphatic heterocycles. The fourth-order valence-corrected chi connectivity index (χ4v) is 2.48. The maximum Gasteiger partial charge on any atom is 0.303 e. The van der Waals surface area contributed by atoms with E-state index in [2.05, 4.69) is 0 Å². The lowest BCUT2D eigenvalue weighted by Crippen LogP contribution is -2.21. The third-order valence-electron chi connectivity index (χ3n) is 3.67. The highest BCUT2D eigenvalue weighted by molar-refractivity contribution is 5.68. The number of aryl methyl sites for hydroxylation is 2. The van der Waals surface area contributed by atoms with Gasteiger partial charge in [0.15, 0.2) is 12.2 Å². The van der Waals surface area contributed by atoms with E-state index in [0.29, 0.717) is 0 Å². The Labute approximate surface area is 142 Å². The third-order valence-corrected chi connectivity index (χ3v) is 3.67. The van der Waals surface area contributed by atoms with Crippen LogP contribution in [0.1, 0.15) is 48.3 Å². The lowest BCUT2D eigenvalue weighted by Gasteiger charge is -2.27. The molecule has 0 aliphatic carbocycles. The normalized spacial score (nSPS) is 13.0. The van der Waals surface area contributed by atoms with Crippen molar-refractivity contribution >= 4 is 11.9 Å². The summed E-state index contributed by atoms with van der Waals surface area (Å²) in [4.78, 5) is 23.2. The third kappa shape index (κ3) is 4.69. The standard InChI is InChI=1S/C20H22O4/c1-13-5-9-17(10-6-13)19(23-15(3)21)20(24-16(4)22)18-11-7-14(2)8-12-18/h5-12,19-20H,1-4H3/t19-,20-/m0/s1. The molecule has 2 rings (SSSR count). The molecule has 0 saturated heterocycles. The van der Waals surface area contributed by atoms with Crippen LogP contribution in [0, 0.1) is 13.8 Å². The molecular formula is C20H22O4. The molecule has 2 aromatic carbocycles. The molecule has 2 atom stereocenters. The highest BCUT2D eigenvalue weighted by atomic mass is 16.6. The Kier molecular flexibility index (Phi) is 5.74. The van der Waals surface area contributed by atoms with Crippen molar-refractivity contribution in [3.8, 4) is 0 Å². The lowest BCUT2D eigenvalue weighted by atomic mass is 9.96. The maximum absolute atomic E-state index is 11.6. The zero-order valence-electron chi connectivity index (χ0n) is 14.4. The number of hydrogen-bond acceptors (Lipinski definition) is 4. The summed E-state index contributed by atoms with van der Waals surface area (Å²) in [5.41, 5.74) is 3.75. The van der Waals surface area contributed by atoms with Crippen LogP contribution in [0.4, 0.5) is 0 Å². The van der Waals surface area contributed by atoms with Crippen molar-refractivity contribution < 1.29 is 19.1 Å². The summed E-state index contributed by atoms with van der Waals surface area (Å²) >= 11 is 0. The van der Waals surface area contributed by atoms with E-state index in [0.717, 1.165) is 22.3 Å². The molecule has 0 aromatic heterocycles. The van der Waals surface area contributed by atoms with Gasteiger partial charge < -0.3 is 9.47 Å². The molecule has 0 heterocycles. The fourth-order valence-electron chi connectivity index (χ4n) is 2.48. The van der Waals surface area contributed by atoms with Gasteiger partial charge in [0.05, 0.1) is 0 Å². The van der Waals surface area contributed by atoms with Crippen LogP contribution in [-0.2, 0) is 19.1 Å². The Balaban J connectivity index is 2.46. The predicted molar refractivity (Wildman–Crippen MR) is 91.4 cm³/mol. The predicted octanol–water partition coefficient (Wildman–Crippen LogP) is 4.21. The molecule has 0 spiro atoms. The van der Waals surface area contributed by atoms with Gasteiger partial charge in [0.2, 0.25) is 0 Å². The van der Waals surface area contributed by atoms with Crippen molar-refractivity contribution in [2.24, 2.45) is 0 Å². The van der Waals surface area contributed by atoms with Crippen LogP contribution in [0.3, 0.4) is 0 Å². The second kappa shape index (κ2) is 7.77. The second-order valence-electron chi connectivity index (χ2n) is 5.88. The molecule has 0 amide bonds. The molecule has 4 heteroatoms. The summed E-state index contributed by atoms with van der Waals surface area (Å²) in [6.45, 7) is 6.66. The highest BCUT2D eigenvalue weighted by Gasteiger charge is 2.30. The second-order valence-corrected chi connectivity index (χ2v) is 5.88. The van der Waals surface area contributed by atoms with Crippen LogP contribution in [0.25, 0.3) is 0 Å². The molecule has 0 radical (unpaired) electrons. The van der Waals surface area contributed by atoms with Gasteiger partial charge in [-0.25, -0.2) is 0 Å². The van der Waals surface area contributed by atoms with Gasteiger partial charge in [-0.1, -0.05) is 59.7 Å². The van der Waals surface area contributed by atoms with Crippen molar-refractivity contribution in [3.63, 3.8) is 0 Å². The number of rotatable bonds is 5. The van der Waals surface area contributed by atoms with Gasteiger partial charge >= 0.3 is 11.9 Å². The number of esters is 2. The largest absolute Gasteiger partial charge is 0.453 e. The van der Waals surface area contributed by atoms with Gasteiger partial charge in [-0.3, -0.25) is 9.59 Å². The summed E-state index contributed by atoms with van der Waals surface area (Å²) in [5, 5.41) is 0. The summed E-state index contributed by atoms with van der Waals surface area (Å²) in [6, 6.07) is 15.3. The van der Waals surface area contributed by atoms with E-state index in [-0.39, 0.29) is 0 Å². The number of benzene rings is 2. The lowest BCUT2D eigenvalue weighted by molar-refractivity contribution is -0.166. The first-order valence-electron chi connectivity index (χ1n) is 7.84. The minimum absolute atomic E-state index is 0.426. The Bertz CT molecular complexity index is 638. The molecule has 0 aliphatic rings. The van der Waals surface area contributed by atoms with E-state index < -0.39 is 24.1 Å². The van der Waals surface area contributed by atoms with Crippen LogP contribution in [0.15, 0.2) is 48.5 Å². The van der Waals surface area contributed by atoms with E-state index in [1.165, 1.54) is 13.8 Å². The van der Waals surface area contributed by atoms with E-state index in [9.17, 15) is 9.59 Å². The number of carbonyl (C=O) groups excluding carboxylic acids is 2. The summed E-state index contributed by atoms with van der Waals surface area (Å²) in [7, 11) is 0. The van der Waals surface area contributed by atoms with E-state index in [1.54, 1.807) is 0 Å². The quantitative estimate of drug-likeness (QED) is 0.772. The van der Waals surface area contributed by atoms with Crippen LogP contribution in [0.2, 0.25) is 0 Å². The Hall–Kier alpha value is -2.62. The van der Waals surface area contributed by atoms with Gasteiger partial charge in [0, 0.05) is 13.8 Å². The van der Waals surface area contributed by atoms with Crippen LogP contribution >= 0.6 is 0 Å². The SMILES string of the molecule is CC(=O)O[C@@H](c1ccc(C)cc1)[C@@H](OC(C)=O)c1ccc(C)cc1. The maximum atomic E-state index is 11.6. The van der Waals surface area contributed by atoms with E-state index in [4.69, 9.17) is 9.47 Å². The Morgan fingerprint density at radius 3 is 1.21 bits per heavy atom. The highest BCUT2D eigenvalue weighted by Crippen LogP contribution is 2.35. The van der Waals surface area contributed by atoms with Crippen molar-refractivity contribution in [2.75, 3.05) is 0 Å². The fraction of sp³-hybridized carbons (Fsp3) is 0.300. The topological polar surface area (TPSA) is 52.6 Å². The van der Waals surface area contributed by atoms with Gasteiger partial charge in [-0.15, -0.1) is 0 Å². The average Bonchev–Trinajstić information content (AvgIpc) is 2.52. The monoisotopic (exact) mass is 326 g/mol. The zero-order valence-corrected chi connectivity index (χ0v) is 14.4. The van der Waals surface area contributed by atoms with Gasteiger partial charge in [-0.2, -0.15) is 0 Å². The summed E-state index contributed by atoms with van der Waals surface area (Å²) < 4.78 is 11.0. The minimum atomic E-state index is -0.699. The van der Waals surface area contributed by atoms with Crippen LogP contribution in [-0.4, -0.2) is 11.9 Å². The van der Waals surface area contributed by atoms with Crippen molar-refractivity contribution in [2.45, 2.75) is 39.9 Å². The first-order valence-corrected chi connectivity index (χ1v) is 7.84. The number of ether oxygens (including phenoxy) is 2. The first-order chi connectivity index (χ1) is 11.4. The molecule has 126 valence electrons. The molecule has 2 aromatic rings. The van der Waals surface area contributed by atoms with Crippen molar-refractivity contribution in [1.82, 2.24) is 0 Å². The van der Waals surface area contributed by atoms with Crippen LogP contribution < -0.4 is 0 Å². The zero-order chi connectivity index (χ0) is 17.7. The Morgan fingerprint density at radius 2 is 0.958 bits per heavy atom. The first kappa shape index (κ1) is 17.7. The molecule has 0 bridgehead atoms. The molecule has 0 N–H and O–H groups in total. The Morgan fingerprint density at radius 1 is 0.667 bits per heavy atom. The molecular weight excluding hydrogens is 304 g/mol. The van der Waals surface area contributed by atoms with Crippen LogP contribution in [0.5, 0.6) is 0 Å². The molecule has 4 nitrogen and oxygen atoms in total. The van der Waals surface area contributed by atoms with Gasteiger partial charge in [-0.05, 0) is 25.0 Å². The molecule has 0 saturated carbocycles. The van der Waals surface area contributed by atoms with E-state index >= 15 is 0 Å². The summed E-state index contributed by atoms with van der Waals surface area (Å²) in [6.07, 6.45) is -1.40. The smallest absolute Gasteiger partial charge is 0.303 e. The number of hydrogen-bond donors (Lipinski definition) is 0. The van der Waals surface area contributed by atoms with Gasteiger partial charge in [0.25, 0.3) is 0 Å². The van der Waals surface area contributed by atoms with Crippen molar-refractivity contribution in [1.29, 1.82) is 0 Å². The van der Waals surface area contributed by atoms with Gasteiger partial charge in [0.1, 0.15) is 0 Å². The average molecular weight is 326 g/mol. The number of carbonyl (C=O) groups is 2. The molecule has 0 fully saturated rings. The van der Waals surface area contributed by atoms with Crippen molar-refractivity contribution in [3.05, 3.63) is 70.8 Å². The molecule has 0 unspecified atom stereocenters. The summed E-state index contributed by atoms with van der Waals surface area (Å²) in [5.74, 6) is -0.852.